The molecule has 6 rings (SSSR count). The average molecular weight is 845 g/mol. The van der Waals surface area contributed by atoms with Crippen LogP contribution in [0, 0.1) is 0 Å². The second-order valence-electron chi connectivity index (χ2n) is 14.4. The third-order valence-corrected chi connectivity index (χ3v) is 10.6. The largest absolute Gasteiger partial charge is 0.497 e. The summed E-state index contributed by atoms with van der Waals surface area (Å²) in [5, 5.41) is 0. The van der Waals surface area contributed by atoms with Gasteiger partial charge < -0.3 is 52.1 Å². The number of methoxy groups -OCH3 is 9. The fraction of sp³-hybridized carbons (Fsp3) is 0.294. The van der Waals surface area contributed by atoms with Crippen molar-refractivity contribution < 1.29 is 52.1 Å². The molecule has 0 N–H and O–H groups in total. The van der Waals surface area contributed by atoms with Crippen molar-refractivity contribution in [3.8, 4) is 74.7 Å². The van der Waals surface area contributed by atoms with Gasteiger partial charge in [-0.3, -0.25) is 0 Å². The SMILES string of the molecule is COc1cccc(CCc2cc(Oc3cc(CCc4ccc(OC)c(OC)c4)cc(Oc4cc(CCc5cccc(OC)c5)c(OC)cc4OC)c3OC)c(OC)cc2OC)c1. The van der Waals surface area contributed by atoms with Crippen LogP contribution >= 0.6 is 0 Å². The Labute approximate surface area is 364 Å². The molecule has 0 atom stereocenters. The predicted molar refractivity (Wildman–Crippen MR) is 240 cm³/mol. The average Bonchev–Trinajstić information content (AvgIpc) is 3.31. The Bertz CT molecular complexity index is 2290. The van der Waals surface area contributed by atoms with E-state index in [0.717, 1.165) is 57.7 Å². The van der Waals surface area contributed by atoms with Crippen molar-refractivity contribution in [1.29, 1.82) is 0 Å². The lowest BCUT2D eigenvalue weighted by molar-refractivity contribution is 0.331. The van der Waals surface area contributed by atoms with Crippen LogP contribution in [0.15, 0.2) is 103 Å². The van der Waals surface area contributed by atoms with Gasteiger partial charge in [-0.25, -0.2) is 0 Å². The lowest BCUT2D eigenvalue weighted by Gasteiger charge is -2.21. The molecule has 0 spiro atoms. The molecule has 0 unspecified atom stereocenters. The Kier molecular flexibility index (Phi) is 15.5. The van der Waals surface area contributed by atoms with Crippen molar-refractivity contribution in [2.45, 2.75) is 38.5 Å². The molecule has 62 heavy (non-hydrogen) atoms. The molecule has 0 radical (unpaired) electrons. The van der Waals surface area contributed by atoms with Crippen LogP contribution in [0.1, 0.15) is 33.4 Å². The van der Waals surface area contributed by atoms with Gasteiger partial charge in [0.15, 0.2) is 46.0 Å². The molecule has 0 bridgehead atoms. The lowest BCUT2D eigenvalue weighted by atomic mass is 10.0. The van der Waals surface area contributed by atoms with Crippen molar-refractivity contribution in [1.82, 2.24) is 0 Å². The van der Waals surface area contributed by atoms with E-state index in [9.17, 15) is 0 Å². The summed E-state index contributed by atoms with van der Waals surface area (Å²) in [5.41, 5.74) is 6.15. The quantitative estimate of drug-likeness (QED) is 0.0653. The maximum absolute atomic E-state index is 6.81. The molecule has 0 saturated heterocycles. The highest BCUT2D eigenvalue weighted by molar-refractivity contribution is 5.61. The Morgan fingerprint density at radius 2 is 0.677 bits per heavy atom. The van der Waals surface area contributed by atoms with Crippen molar-refractivity contribution in [2.75, 3.05) is 64.0 Å². The minimum Gasteiger partial charge on any atom is -0.497 e. The van der Waals surface area contributed by atoms with Crippen molar-refractivity contribution in [3.63, 3.8) is 0 Å². The van der Waals surface area contributed by atoms with Crippen LogP contribution in [-0.2, 0) is 38.5 Å². The van der Waals surface area contributed by atoms with Gasteiger partial charge >= 0.3 is 0 Å². The summed E-state index contributed by atoms with van der Waals surface area (Å²) < 4.78 is 65.1. The van der Waals surface area contributed by atoms with E-state index in [1.54, 1.807) is 64.0 Å². The van der Waals surface area contributed by atoms with Gasteiger partial charge in [0, 0.05) is 12.1 Å². The summed E-state index contributed by atoms with van der Waals surface area (Å²) in [6.45, 7) is 0. The van der Waals surface area contributed by atoms with Gasteiger partial charge in [-0.1, -0.05) is 30.3 Å². The molecule has 0 fully saturated rings. The number of ether oxygens (including phenoxy) is 11. The first-order valence-electron chi connectivity index (χ1n) is 20.3. The number of aryl methyl sites for hydroxylation is 6. The van der Waals surface area contributed by atoms with Gasteiger partial charge in [0.05, 0.1) is 64.0 Å². The molecule has 6 aromatic rings. The first-order chi connectivity index (χ1) is 30.3. The highest BCUT2D eigenvalue weighted by Crippen LogP contribution is 2.48. The Morgan fingerprint density at radius 1 is 0.274 bits per heavy atom. The number of rotatable bonds is 22. The zero-order chi connectivity index (χ0) is 44.0. The minimum absolute atomic E-state index is 0.381. The summed E-state index contributed by atoms with van der Waals surface area (Å²) >= 11 is 0. The molecule has 0 heterocycles. The van der Waals surface area contributed by atoms with Crippen LogP contribution in [0.25, 0.3) is 0 Å². The molecule has 0 saturated carbocycles. The third-order valence-electron chi connectivity index (χ3n) is 10.6. The maximum Gasteiger partial charge on any atom is 0.204 e. The van der Waals surface area contributed by atoms with Crippen LogP contribution in [0.3, 0.4) is 0 Å². The van der Waals surface area contributed by atoms with E-state index in [1.807, 2.05) is 91.0 Å². The van der Waals surface area contributed by atoms with E-state index in [1.165, 1.54) is 0 Å². The Morgan fingerprint density at radius 3 is 1.11 bits per heavy atom. The molecule has 326 valence electrons. The molecular weight excluding hydrogens is 789 g/mol. The smallest absolute Gasteiger partial charge is 0.204 e. The maximum atomic E-state index is 6.81. The number of hydrogen-bond donors (Lipinski definition) is 0. The molecular formula is C51H56O11. The highest BCUT2D eigenvalue weighted by atomic mass is 16.6. The molecule has 0 aliphatic rings. The molecule has 11 nitrogen and oxygen atoms in total. The highest BCUT2D eigenvalue weighted by Gasteiger charge is 2.22. The molecule has 6 aromatic carbocycles. The predicted octanol–water partition coefficient (Wildman–Crippen LogP) is 10.7. The number of benzene rings is 6. The summed E-state index contributed by atoms with van der Waals surface area (Å²) in [5.74, 6) is 7.50. The van der Waals surface area contributed by atoms with Gasteiger partial charge in [-0.05, 0) is 133 Å². The van der Waals surface area contributed by atoms with E-state index in [4.69, 9.17) is 52.1 Å². The van der Waals surface area contributed by atoms with Crippen LogP contribution in [0.4, 0.5) is 0 Å². The zero-order valence-electron chi connectivity index (χ0n) is 37.0. The molecule has 0 aliphatic carbocycles. The molecule has 0 amide bonds. The van der Waals surface area contributed by atoms with Crippen molar-refractivity contribution in [2.24, 2.45) is 0 Å². The minimum atomic E-state index is 0.381. The van der Waals surface area contributed by atoms with Crippen LogP contribution in [0.5, 0.6) is 74.7 Å². The van der Waals surface area contributed by atoms with E-state index >= 15 is 0 Å². The van der Waals surface area contributed by atoms with Crippen LogP contribution < -0.4 is 52.1 Å². The van der Waals surface area contributed by atoms with E-state index in [0.29, 0.717) is 88.9 Å². The summed E-state index contributed by atoms with van der Waals surface area (Å²) in [6.07, 6.45) is 4.15. The topological polar surface area (TPSA) is 102 Å². The second kappa shape index (κ2) is 21.6. The fourth-order valence-electron chi connectivity index (χ4n) is 7.32. The number of hydrogen-bond acceptors (Lipinski definition) is 11. The first-order valence-corrected chi connectivity index (χ1v) is 20.3. The van der Waals surface area contributed by atoms with E-state index in [-0.39, 0.29) is 0 Å². The van der Waals surface area contributed by atoms with Crippen molar-refractivity contribution >= 4 is 0 Å². The van der Waals surface area contributed by atoms with Gasteiger partial charge in [0.1, 0.15) is 23.0 Å². The van der Waals surface area contributed by atoms with Gasteiger partial charge in [-0.2, -0.15) is 0 Å². The zero-order valence-corrected chi connectivity index (χ0v) is 37.0. The normalized spacial score (nSPS) is 10.7. The second-order valence-corrected chi connectivity index (χ2v) is 14.4. The summed E-state index contributed by atoms with van der Waals surface area (Å²) in [6, 6.07) is 33.5. The fourth-order valence-corrected chi connectivity index (χ4v) is 7.32. The summed E-state index contributed by atoms with van der Waals surface area (Å²) in [7, 11) is 14.7. The van der Waals surface area contributed by atoms with Gasteiger partial charge in [0.2, 0.25) is 5.75 Å². The van der Waals surface area contributed by atoms with Crippen molar-refractivity contribution in [3.05, 3.63) is 137 Å². The van der Waals surface area contributed by atoms with Gasteiger partial charge in [0.25, 0.3) is 0 Å². The first kappa shape index (κ1) is 44.7. The standard InChI is InChI=1S/C51H56O11/c1-52-39-14-10-12-33(24-39)18-21-37-29-47(45(58-7)31-42(37)55-4)61-49-27-36(17-16-35-20-23-41(54-3)44(26-35)57-6)28-50(51(49)60-9)62-48-30-38(43(56-5)32-46(48)59-8)22-19-34-13-11-15-40(25-34)53-2/h10-15,20,23-32H,16-19,21-22H2,1-9H3. The monoisotopic (exact) mass is 844 g/mol. The molecule has 0 aliphatic heterocycles. The van der Waals surface area contributed by atoms with E-state index < -0.39 is 0 Å². The molecule has 0 aromatic heterocycles. The van der Waals surface area contributed by atoms with Crippen LogP contribution in [0.2, 0.25) is 0 Å². The third kappa shape index (κ3) is 10.9. The van der Waals surface area contributed by atoms with E-state index in [2.05, 4.69) is 12.1 Å². The molecule has 11 heteroatoms. The lowest BCUT2D eigenvalue weighted by Crippen LogP contribution is -2.02. The van der Waals surface area contributed by atoms with Crippen LogP contribution in [-0.4, -0.2) is 64.0 Å². The Balaban J connectivity index is 1.40. The summed E-state index contributed by atoms with van der Waals surface area (Å²) in [4.78, 5) is 0. The van der Waals surface area contributed by atoms with Gasteiger partial charge in [-0.15, -0.1) is 0 Å². The Hall–Kier alpha value is -6.88.